The van der Waals surface area contributed by atoms with Crippen LogP contribution in [0.4, 0.5) is 0 Å². The van der Waals surface area contributed by atoms with Gasteiger partial charge < -0.3 is 14.6 Å². The third-order valence-corrected chi connectivity index (χ3v) is 5.53. The molecule has 0 saturated carbocycles. The van der Waals surface area contributed by atoms with Gasteiger partial charge in [0.1, 0.15) is 17.9 Å². The topological polar surface area (TPSA) is 106 Å². The summed E-state index contributed by atoms with van der Waals surface area (Å²) in [5, 5.41) is 15.2. The zero-order valence-corrected chi connectivity index (χ0v) is 16.0. The number of nitrogens with one attached hydrogen (secondary N) is 3. The summed E-state index contributed by atoms with van der Waals surface area (Å²) < 4.78 is 5.53. The van der Waals surface area contributed by atoms with Crippen molar-refractivity contribution in [3.05, 3.63) is 34.2 Å². The molecular weight excluding hydrogens is 342 g/mol. The number of hydrogen-bond acceptors (Lipinski definition) is 4. The largest absolute Gasteiger partial charge is 0.381 e. The minimum absolute atomic E-state index is 0.395. The van der Waals surface area contributed by atoms with Crippen molar-refractivity contribution >= 4 is 12.2 Å². The molecule has 8 nitrogen and oxygen atoms in total. The highest BCUT2D eigenvalue weighted by molar-refractivity contribution is 6.01. The second-order valence-electron chi connectivity index (χ2n) is 7.21. The number of ether oxygens (including phenoxy) is 1. The second-order valence-corrected chi connectivity index (χ2v) is 7.21. The first-order chi connectivity index (χ1) is 13.2. The Morgan fingerprint density at radius 3 is 2.96 bits per heavy atom. The lowest BCUT2D eigenvalue weighted by Crippen LogP contribution is -2.37. The van der Waals surface area contributed by atoms with E-state index in [2.05, 4.69) is 32.0 Å². The monoisotopic (exact) mass is 369 g/mol. The minimum Gasteiger partial charge on any atom is -0.381 e. The Balaban J connectivity index is 1.68. The molecule has 0 aromatic carbocycles. The molecule has 2 aromatic rings. The lowest BCUT2D eigenvalue weighted by molar-refractivity contribution is 0.0845. The maximum atomic E-state index is 7.60. The van der Waals surface area contributed by atoms with Gasteiger partial charge >= 0.3 is 0 Å². The van der Waals surface area contributed by atoms with E-state index in [9.17, 15) is 0 Å². The number of hydrogen-bond donors (Lipinski definition) is 3. The molecule has 0 bridgehead atoms. The zero-order valence-electron chi connectivity index (χ0n) is 16.0. The Morgan fingerprint density at radius 2 is 2.22 bits per heavy atom. The van der Waals surface area contributed by atoms with Crippen LogP contribution in [0.3, 0.4) is 0 Å². The predicted molar refractivity (Wildman–Crippen MR) is 104 cm³/mol. The van der Waals surface area contributed by atoms with Crippen molar-refractivity contribution in [1.82, 2.24) is 25.1 Å². The fourth-order valence-corrected chi connectivity index (χ4v) is 4.14. The average Bonchev–Trinajstić information content (AvgIpc) is 3.29. The Labute approximate surface area is 159 Å². The first-order valence-corrected chi connectivity index (χ1v) is 9.72. The zero-order chi connectivity index (χ0) is 18.8. The summed E-state index contributed by atoms with van der Waals surface area (Å²) in [6.45, 7) is 7.25. The van der Waals surface area contributed by atoms with Gasteiger partial charge in [-0.15, -0.1) is 0 Å². The lowest BCUT2D eigenvalue weighted by atomic mass is 9.94. The van der Waals surface area contributed by atoms with Crippen LogP contribution in [0.5, 0.6) is 0 Å². The molecule has 0 unspecified atom stereocenters. The van der Waals surface area contributed by atoms with E-state index in [1.165, 1.54) is 11.3 Å². The average molecular weight is 369 g/mol. The summed E-state index contributed by atoms with van der Waals surface area (Å²) >= 11 is 0. The van der Waals surface area contributed by atoms with E-state index in [0.717, 1.165) is 87.1 Å². The van der Waals surface area contributed by atoms with Crippen molar-refractivity contribution in [2.24, 2.45) is 4.99 Å². The summed E-state index contributed by atoms with van der Waals surface area (Å²) in [7, 11) is 0. The number of H-pyrrole nitrogens is 2. The maximum Gasteiger partial charge on any atom is 0.158 e. The van der Waals surface area contributed by atoms with Gasteiger partial charge in [-0.25, -0.2) is 9.98 Å². The lowest BCUT2D eigenvalue weighted by Gasteiger charge is -2.30. The molecule has 4 rings (SSSR count). The molecule has 0 atom stereocenters. The molecule has 0 radical (unpaired) electrons. The Hall–Kier alpha value is -2.48. The number of rotatable bonds is 4. The Kier molecular flexibility index (Phi) is 5.07. The molecule has 1 saturated heterocycles. The summed E-state index contributed by atoms with van der Waals surface area (Å²) in [6, 6.07) is 0. The molecule has 0 amide bonds. The van der Waals surface area contributed by atoms with Gasteiger partial charge in [0.2, 0.25) is 0 Å². The van der Waals surface area contributed by atoms with Crippen molar-refractivity contribution in [1.29, 1.82) is 5.41 Å². The number of aromatic amines is 2. The number of amidine groups is 1. The molecule has 0 spiro atoms. The number of aliphatic imine (C=N–C) groups is 1. The van der Waals surface area contributed by atoms with Gasteiger partial charge in [0, 0.05) is 55.6 Å². The van der Waals surface area contributed by atoms with Crippen LogP contribution < -0.4 is 0 Å². The molecule has 2 aliphatic rings. The van der Waals surface area contributed by atoms with Crippen LogP contribution in [0.25, 0.3) is 0 Å². The molecule has 1 fully saturated rings. The van der Waals surface area contributed by atoms with Gasteiger partial charge in [0.15, 0.2) is 5.84 Å². The molecule has 8 heteroatoms. The van der Waals surface area contributed by atoms with Crippen molar-refractivity contribution < 1.29 is 4.74 Å². The number of imidazole rings is 1. The molecule has 3 N–H and O–H groups in total. The number of aromatic nitrogens is 4. The molecule has 4 heterocycles. The molecular formula is C19H27N7O. The van der Waals surface area contributed by atoms with Crippen LogP contribution in [0.1, 0.15) is 59.8 Å². The van der Waals surface area contributed by atoms with E-state index >= 15 is 0 Å². The first-order valence-electron chi connectivity index (χ1n) is 9.72. The number of aryl methyl sites for hydroxylation is 2. The van der Waals surface area contributed by atoms with Gasteiger partial charge in [-0.1, -0.05) is 6.92 Å². The maximum absolute atomic E-state index is 7.60. The predicted octanol–water partition coefficient (Wildman–Crippen LogP) is 2.31. The van der Waals surface area contributed by atoms with E-state index < -0.39 is 0 Å². The van der Waals surface area contributed by atoms with Crippen LogP contribution in [-0.4, -0.2) is 57.0 Å². The van der Waals surface area contributed by atoms with Gasteiger partial charge in [-0.2, -0.15) is 5.10 Å². The third kappa shape index (κ3) is 3.41. The van der Waals surface area contributed by atoms with Crippen molar-refractivity contribution in [2.45, 2.75) is 52.0 Å². The summed E-state index contributed by atoms with van der Waals surface area (Å²) in [5.74, 6) is 2.07. The van der Waals surface area contributed by atoms with Gasteiger partial charge in [-0.3, -0.25) is 10.5 Å². The van der Waals surface area contributed by atoms with Crippen molar-refractivity contribution in [2.75, 3.05) is 19.8 Å². The molecule has 27 heavy (non-hydrogen) atoms. The SMILES string of the molecule is CCc1n[nH]c2c1CN(C(=NC=N)c1nc(C)[nH]c1C1CCOCC1)CC2. The quantitative estimate of drug-likeness (QED) is 0.568. The van der Waals surface area contributed by atoms with Crippen LogP contribution in [-0.2, 0) is 24.1 Å². The Bertz CT molecular complexity index is 831. The fraction of sp³-hybridized carbons (Fsp3) is 0.579. The minimum atomic E-state index is 0.395. The molecule has 0 aliphatic carbocycles. The number of fused-ring (bicyclic) bond motifs is 1. The molecule has 2 aromatic heterocycles. The van der Waals surface area contributed by atoms with Crippen LogP contribution >= 0.6 is 0 Å². The van der Waals surface area contributed by atoms with Gasteiger partial charge in [0.25, 0.3) is 0 Å². The smallest absolute Gasteiger partial charge is 0.158 e. The second kappa shape index (κ2) is 7.64. The van der Waals surface area contributed by atoms with Crippen LogP contribution in [0.15, 0.2) is 4.99 Å². The Morgan fingerprint density at radius 1 is 1.41 bits per heavy atom. The number of nitrogens with zero attached hydrogens (tertiary/aromatic N) is 4. The normalized spacial score (nSPS) is 18.6. The highest BCUT2D eigenvalue weighted by atomic mass is 16.5. The van der Waals surface area contributed by atoms with E-state index in [0.29, 0.717) is 5.92 Å². The standard InChI is InChI=1S/C19H27N7O/c1-3-15-14-10-26(7-4-16(14)25-24-15)19(21-11-20)18-17(22-12(2)23-18)13-5-8-27-9-6-13/h11,13,20H,3-10H2,1-2H3,(H,22,23)(H,24,25). The first kappa shape index (κ1) is 17.9. The van der Waals surface area contributed by atoms with E-state index in [1.807, 2.05) is 6.92 Å². The van der Waals surface area contributed by atoms with E-state index in [4.69, 9.17) is 15.1 Å². The van der Waals surface area contributed by atoms with Gasteiger partial charge in [-0.05, 0) is 26.2 Å². The summed E-state index contributed by atoms with van der Waals surface area (Å²) in [5.41, 5.74) is 5.62. The summed E-state index contributed by atoms with van der Waals surface area (Å²) in [6.07, 6.45) is 4.90. The highest BCUT2D eigenvalue weighted by Gasteiger charge is 2.29. The highest BCUT2D eigenvalue weighted by Crippen LogP contribution is 2.30. The van der Waals surface area contributed by atoms with Crippen LogP contribution in [0.2, 0.25) is 0 Å². The third-order valence-electron chi connectivity index (χ3n) is 5.53. The van der Waals surface area contributed by atoms with Crippen molar-refractivity contribution in [3.8, 4) is 0 Å². The van der Waals surface area contributed by atoms with E-state index in [-0.39, 0.29) is 0 Å². The van der Waals surface area contributed by atoms with E-state index in [1.54, 1.807) is 0 Å². The van der Waals surface area contributed by atoms with Gasteiger partial charge in [0.05, 0.1) is 5.69 Å². The van der Waals surface area contributed by atoms with Crippen LogP contribution in [0, 0.1) is 12.3 Å². The molecule has 2 aliphatic heterocycles. The fourth-order valence-electron chi connectivity index (χ4n) is 4.14. The summed E-state index contributed by atoms with van der Waals surface area (Å²) in [4.78, 5) is 14.9. The van der Waals surface area contributed by atoms with Crippen molar-refractivity contribution in [3.63, 3.8) is 0 Å². The molecule has 144 valence electrons.